The van der Waals surface area contributed by atoms with Gasteiger partial charge in [-0.05, 0) is 38.6 Å². The molecular weight excluding hydrogens is 316 g/mol. The monoisotopic (exact) mass is 344 g/mol. The summed E-state index contributed by atoms with van der Waals surface area (Å²) in [7, 11) is -1.01. The second-order valence-corrected chi connectivity index (χ2v) is 10.2. The van der Waals surface area contributed by atoms with Crippen LogP contribution in [-0.4, -0.2) is 27.5 Å². The molecule has 2 unspecified atom stereocenters. The molecule has 126 valence electrons. The molecule has 1 rings (SSSR count). The van der Waals surface area contributed by atoms with E-state index in [1.165, 1.54) is 11.3 Å². The lowest BCUT2D eigenvalue weighted by atomic mass is 9.87. The number of carbonyl (C=O) groups excluding carboxylic acids is 1. The largest absolute Gasteiger partial charge is 0.372 e. The highest BCUT2D eigenvalue weighted by atomic mass is 32.2. The maximum absolute atomic E-state index is 12.3. The molecule has 0 N–H and O–H groups in total. The molecule has 0 aliphatic carbocycles. The first-order valence-electron chi connectivity index (χ1n) is 7.62. The molecular formula is C17H28O3S2. The highest BCUT2D eigenvalue weighted by Gasteiger charge is 2.28. The predicted molar refractivity (Wildman–Crippen MR) is 93.9 cm³/mol. The molecule has 0 aromatic carbocycles. The van der Waals surface area contributed by atoms with Crippen LogP contribution in [0.2, 0.25) is 0 Å². The summed E-state index contributed by atoms with van der Waals surface area (Å²) in [6.45, 7) is 11.7. The highest BCUT2D eigenvalue weighted by molar-refractivity contribution is 7.87. The van der Waals surface area contributed by atoms with Crippen molar-refractivity contribution in [2.45, 2.75) is 70.3 Å². The molecule has 0 aliphatic heterocycles. The fourth-order valence-electron chi connectivity index (χ4n) is 1.95. The molecule has 0 amide bonds. The van der Waals surface area contributed by atoms with Crippen molar-refractivity contribution in [2.24, 2.45) is 5.41 Å². The zero-order valence-corrected chi connectivity index (χ0v) is 16.1. The third-order valence-electron chi connectivity index (χ3n) is 3.11. The van der Waals surface area contributed by atoms with Crippen molar-refractivity contribution in [1.82, 2.24) is 0 Å². The summed E-state index contributed by atoms with van der Waals surface area (Å²) < 4.78 is 19.1. The maximum atomic E-state index is 12.3. The Morgan fingerprint density at radius 1 is 1.27 bits per heavy atom. The van der Waals surface area contributed by atoms with E-state index in [0.717, 1.165) is 4.21 Å². The predicted octanol–water partition coefficient (Wildman–Crippen LogP) is 4.43. The van der Waals surface area contributed by atoms with Gasteiger partial charge in [-0.2, -0.15) is 0 Å². The van der Waals surface area contributed by atoms with Crippen LogP contribution in [0.1, 0.15) is 54.4 Å². The standard InChI is InChI=1S/C17H28O3S2/c1-16(2,3)14(18)12-13(20-17(4,5)6)9-11-22(19)15-8-7-10-21-15/h7-8,10,13H,9,11-12H2,1-6H3. The van der Waals surface area contributed by atoms with Crippen LogP contribution >= 0.6 is 11.3 Å². The number of hydrogen-bond acceptors (Lipinski definition) is 4. The first kappa shape index (κ1) is 19.5. The molecule has 0 saturated carbocycles. The number of ketones is 1. The fraction of sp³-hybridized carbons (Fsp3) is 0.706. The second-order valence-electron chi connectivity index (χ2n) is 7.50. The van der Waals surface area contributed by atoms with Crippen LogP contribution < -0.4 is 0 Å². The minimum Gasteiger partial charge on any atom is -0.372 e. The van der Waals surface area contributed by atoms with Gasteiger partial charge in [0.2, 0.25) is 0 Å². The highest BCUT2D eigenvalue weighted by Crippen LogP contribution is 2.24. The van der Waals surface area contributed by atoms with Gasteiger partial charge in [0.1, 0.15) is 5.78 Å². The van der Waals surface area contributed by atoms with Gasteiger partial charge in [-0.3, -0.25) is 9.00 Å². The second kappa shape index (κ2) is 7.84. The number of Topliss-reactive ketones (excluding diaryl/α,β-unsaturated/α-hetero) is 1. The number of carbonyl (C=O) groups is 1. The normalized spacial score (nSPS) is 15.5. The van der Waals surface area contributed by atoms with E-state index in [0.29, 0.717) is 18.6 Å². The lowest BCUT2D eigenvalue weighted by Crippen LogP contribution is -2.33. The van der Waals surface area contributed by atoms with Crippen molar-refractivity contribution >= 4 is 27.9 Å². The van der Waals surface area contributed by atoms with Gasteiger partial charge in [0.05, 0.1) is 26.7 Å². The molecule has 3 nitrogen and oxygen atoms in total. The molecule has 0 saturated heterocycles. The van der Waals surface area contributed by atoms with Crippen LogP contribution in [0.25, 0.3) is 0 Å². The van der Waals surface area contributed by atoms with E-state index in [1.54, 1.807) is 0 Å². The van der Waals surface area contributed by atoms with Gasteiger partial charge in [0, 0.05) is 17.6 Å². The van der Waals surface area contributed by atoms with Crippen molar-refractivity contribution in [2.75, 3.05) is 5.75 Å². The van der Waals surface area contributed by atoms with Gasteiger partial charge < -0.3 is 4.74 Å². The van der Waals surface area contributed by atoms with Gasteiger partial charge in [-0.15, -0.1) is 11.3 Å². The Morgan fingerprint density at radius 2 is 1.91 bits per heavy atom. The van der Waals surface area contributed by atoms with Crippen molar-refractivity contribution in [3.63, 3.8) is 0 Å². The van der Waals surface area contributed by atoms with E-state index in [1.807, 2.05) is 59.1 Å². The molecule has 0 radical (unpaired) electrons. The summed E-state index contributed by atoms with van der Waals surface area (Å²) in [6, 6.07) is 3.80. The lowest BCUT2D eigenvalue weighted by molar-refractivity contribution is -0.132. The van der Waals surface area contributed by atoms with E-state index >= 15 is 0 Å². The molecule has 22 heavy (non-hydrogen) atoms. The third-order valence-corrected chi connectivity index (χ3v) is 5.81. The quantitative estimate of drug-likeness (QED) is 0.734. The zero-order chi connectivity index (χ0) is 17.0. The summed E-state index contributed by atoms with van der Waals surface area (Å²) in [5, 5.41) is 1.93. The van der Waals surface area contributed by atoms with Gasteiger partial charge in [0.25, 0.3) is 0 Å². The summed E-state index contributed by atoms with van der Waals surface area (Å²) in [5.41, 5.74) is -0.681. The van der Waals surface area contributed by atoms with Crippen molar-refractivity contribution in [3.05, 3.63) is 17.5 Å². The Hall–Kier alpha value is -0.520. The summed E-state index contributed by atoms with van der Waals surface area (Å²) in [6.07, 6.45) is 0.821. The minimum absolute atomic E-state index is 0.184. The van der Waals surface area contributed by atoms with Crippen LogP contribution in [0.15, 0.2) is 21.7 Å². The number of thiophene rings is 1. The Bertz CT molecular complexity index is 493. The van der Waals surface area contributed by atoms with E-state index in [4.69, 9.17) is 4.74 Å². The fourth-order valence-corrected chi connectivity index (χ4v) is 4.15. The molecule has 0 spiro atoms. The van der Waals surface area contributed by atoms with Crippen molar-refractivity contribution in [3.8, 4) is 0 Å². The molecule has 1 heterocycles. The first-order valence-corrected chi connectivity index (χ1v) is 9.82. The van der Waals surface area contributed by atoms with Crippen molar-refractivity contribution < 1.29 is 13.7 Å². The van der Waals surface area contributed by atoms with Gasteiger partial charge >= 0.3 is 0 Å². The van der Waals surface area contributed by atoms with Gasteiger partial charge in [-0.1, -0.05) is 26.8 Å². The average Bonchev–Trinajstić information content (AvgIpc) is 2.86. The minimum atomic E-state index is -1.01. The Labute approximate surface area is 140 Å². The summed E-state index contributed by atoms with van der Waals surface area (Å²) in [4.78, 5) is 12.3. The molecule has 5 heteroatoms. The van der Waals surface area contributed by atoms with Gasteiger partial charge in [-0.25, -0.2) is 0 Å². The van der Waals surface area contributed by atoms with Crippen LogP contribution in [0, 0.1) is 5.41 Å². The van der Waals surface area contributed by atoms with Crippen molar-refractivity contribution in [1.29, 1.82) is 0 Å². The van der Waals surface area contributed by atoms with E-state index in [2.05, 4.69) is 0 Å². The molecule has 1 aromatic rings. The summed E-state index contributed by atoms with van der Waals surface area (Å²) in [5.74, 6) is 0.710. The molecule has 0 bridgehead atoms. The number of hydrogen-bond donors (Lipinski definition) is 0. The van der Waals surface area contributed by atoms with Gasteiger partial charge in [0.15, 0.2) is 0 Å². The maximum Gasteiger partial charge on any atom is 0.140 e. The van der Waals surface area contributed by atoms with Crippen LogP contribution in [0.3, 0.4) is 0 Å². The van der Waals surface area contributed by atoms with E-state index in [-0.39, 0.29) is 22.9 Å². The number of ether oxygens (including phenoxy) is 1. The van der Waals surface area contributed by atoms with E-state index < -0.39 is 10.8 Å². The summed E-state index contributed by atoms with van der Waals surface area (Å²) >= 11 is 1.51. The zero-order valence-electron chi connectivity index (χ0n) is 14.5. The lowest BCUT2D eigenvalue weighted by Gasteiger charge is -2.29. The Morgan fingerprint density at radius 3 is 2.36 bits per heavy atom. The SMILES string of the molecule is CC(C)(C)OC(CCS(=O)c1cccs1)CC(=O)C(C)(C)C. The van der Waals surface area contributed by atoms with Crippen LogP contribution in [0.4, 0.5) is 0 Å². The van der Waals surface area contributed by atoms with Crippen LogP contribution in [-0.2, 0) is 20.3 Å². The molecule has 0 aliphatic rings. The number of rotatable bonds is 7. The topological polar surface area (TPSA) is 43.4 Å². The average molecular weight is 345 g/mol. The molecule has 2 atom stereocenters. The first-order chi connectivity index (χ1) is 9.99. The Balaban J connectivity index is 2.66. The third kappa shape index (κ3) is 7.16. The molecule has 0 fully saturated rings. The van der Waals surface area contributed by atoms with Crippen LogP contribution in [0.5, 0.6) is 0 Å². The smallest absolute Gasteiger partial charge is 0.140 e. The molecule has 1 aromatic heterocycles. The Kier molecular flexibility index (Phi) is 6.96. The van der Waals surface area contributed by atoms with E-state index in [9.17, 15) is 9.00 Å².